The van der Waals surface area contributed by atoms with Gasteiger partial charge in [0.05, 0.1) is 4.91 Å². The van der Waals surface area contributed by atoms with E-state index in [1.165, 1.54) is 4.90 Å². The van der Waals surface area contributed by atoms with E-state index in [-0.39, 0.29) is 11.1 Å². The predicted molar refractivity (Wildman–Crippen MR) is 95.2 cm³/mol. The molecule has 1 aromatic heterocycles. The Bertz CT molecular complexity index is 791. The average molecular weight is 328 g/mol. The monoisotopic (exact) mass is 328 g/mol. The van der Waals surface area contributed by atoms with Crippen molar-refractivity contribution in [2.75, 3.05) is 6.54 Å². The van der Waals surface area contributed by atoms with Gasteiger partial charge < -0.3 is 4.57 Å². The highest BCUT2D eigenvalue weighted by Crippen LogP contribution is 2.34. The fraction of sp³-hybridized carbons (Fsp3) is 0.333. The maximum Gasteiger partial charge on any atom is 0.293 e. The molecular formula is C18H20N2O2S. The maximum atomic E-state index is 12.4. The van der Waals surface area contributed by atoms with Gasteiger partial charge in [0, 0.05) is 35.8 Å². The van der Waals surface area contributed by atoms with E-state index in [9.17, 15) is 9.59 Å². The Morgan fingerprint density at radius 2 is 1.96 bits per heavy atom. The number of hydrogen-bond acceptors (Lipinski definition) is 3. The molecule has 1 aliphatic rings. The first kappa shape index (κ1) is 15.9. The van der Waals surface area contributed by atoms with Crippen molar-refractivity contribution >= 4 is 39.9 Å². The second kappa shape index (κ2) is 6.62. The number of rotatable bonds is 5. The molecule has 0 unspecified atom stereocenters. The van der Waals surface area contributed by atoms with Gasteiger partial charge in [-0.15, -0.1) is 0 Å². The Labute approximate surface area is 140 Å². The van der Waals surface area contributed by atoms with Gasteiger partial charge in [0.25, 0.3) is 11.1 Å². The van der Waals surface area contributed by atoms with Crippen LogP contribution in [0.15, 0.2) is 35.4 Å². The maximum absolute atomic E-state index is 12.4. The van der Waals surface area contributed by atoms with Crippen LogP contribution in [0.25, 0.3) is 17.0 Å². The van der Waals surface area contributed by atoms with Crippen LogP contribution >= 0.6 is 11.8 Å². The summed E-state index contributed by atoms with van der Waals surface area (Å²) in [7, 11) is 0. The molecule has 2 amide bonds. The van der Waals surface area contributed by atoms with Crippen molar-refractivity contribution in [3.8, 4) is 0 Å². The smallest absolute Gasteiger partial charge is 0.293 e. The highest BCUT2D eigenvalue weighted by Gasteiger charge is 2.34. The zero-order valence-corrected chi connectivity index (χ0v) is 14.2. The lowest BCUT2D eigenvalue weighted by Gasteiger charge is -2.10. The summed E-state index contributed by atoms with van der Waals surface area (Å²) in [6, 6.07) is 8.13. The molecule has 1 saturated heterocycles. The van der Waals surface area contributed by atoms with Gasteiger partial charge in [-0.1, -0.05) is 31.5 Å². The van der Waals surface area contributed by atoms with E-state index in [0.29, 0.717) is 11.4 Å². The van der Waals surface area contributed by atoms with Crippen LogP contribution in [0, 0.1) is 0 Å². The molecular weight excluding hydrogens is 308 g/mol. The standard InChI is InChI=1S/C18H20N2O2S/c1-3-5-10-20-17(21)16(23-18(20)22)11-13-12-19(4-2)15-9-7-6-8-14(13)15/h6-9,11-12H,3-5,10H2,1-2H3/b16-11-. The molecule has 120 valence electrons. The van der Waals surface area contributed by atoms with Crippen molar-refractivity contribution in [1.82, 2.24) is 9.47 Å². The highest BCUT2D eigenvalue weighted by atomic mass is 32.2. The molecule has 0 atom stereocenters. The normalized spacial score (nSPS) is 17.0. The summed E-state index contributed by atoms with van der Waals surface area (Å²) in [5, 5.41) is 0.948. The number of carbonyl (C=O) groups is 2. The molecule has 1 aromatic carbocycles. The quantitative estimate of drug-likeness (QED) is 0.759. The van der Waals surface area contributed by atoms with Crippen LogP contribution in [0.5, 0.6) is 0 Å². The van der Waals surface area contributed by atoms with Gasteiger partial charge in [-0.2, -0.15) is 0 Å². The molecule has 3 rings (SSSR count). The third-order valence-electron chi connectivity index (χ3n) is 4.06. The molecule has 2 heterocycles. The van der Waals surface area contributed by atoms with Crippen LogP contribution in [0.4, 0.5) is 4.79 Å². The minimum Gasteiger partial charge on any atom is -0.347 e. The van der Waals surface area contributed by atoms with Crippen LogP contribution < -0.4 is 0 Å². The number of aromatic nitrogens is 1. The second-order valence-electron chi connectivity index (χ2n) is 5.57. The van der Waals surface area contributed by atoms with Gasteiger partial charge in [0.2, 0.25) is 0 Å². The van der Waals surface area contributed by atoms with Gasteiger partial charge in [0.1, 0.15) is 0 Å². The summed E-state index contributed by atoms with van der Waals surface area (Å²) in [6.45, 7) is 5.52. The molecule has 0 spiro atoms. The molecule has 1 fully saturated rings. The topological polar surface area (TPSA) is 42.3 Å². The number of aryl methyl sites for hydroxylation is 1. The van der Waals surface area contributed by atoms with Gasteiger partial charge >= 0.3 is 0 Å². The molecule has 1 aliphatic heterocycles. The van der Waals surface area contributed by atoms with Gasteiger partial charge in [0.15, 0.2) is 0 Å². The predicted octanol–water partition coefficient (Wildman–Crippen LogP) is 4.50. The SMILES string of the molecule is CCCCN1C(=O)S/C(=C\c2cn(CC)c3ccccc23)C1=O. The number of benzene rings is 1. The zero-order valence-electron chi connectivity index (χ0n) is 13.4. The molecule has 5 heteroatoms. The molecule has 4 nitrogen and oxygen atoms in total. The molecule has 2 aromatic rings. The second-order valence-corrected chi connectivity index (χ2v) is 6.57. The fourth-order valence-electron chi connectivity index (χ4n) is 2.80. The minimum absolute atomic E-state index is 0.158. The third kappa shape index (κ3) is 2.93. The Balaban J connectivity index is 1.96. The minimum atomic E-state index is -0.165. The lowest BCUT2D eigenvalue weighted by atomic mass is 10.1. The molecule has 0 bridgehead atoms. The highest BCUT2D eigenvalue weighted by molar-refractivity contribution is 8.18. The lowest BCUT2D eigenvalue weighted by Crippen LogP contribution is -2.29. The number of unbranched alkanes of at least 4 members (excludes halogenated alkanes) is 1. The van der Waals surface area contributed by atoms with Crippen LogP contribution in [-0.2, 0) is 11.3 Å². The summed E-state index contributed by atoms with van der Waals surface area (Å²) >= 11 is 1.04. The average Bonchev–Trinajstić information content (AvgIpc) is 3.04. The van der Waals surface area contributed by atoms with Crippen LogP contribution in [0.3, 0.4) is 0 Å². The lowest BCUT2D eigenvalue weighted by molar-refractivity contribution is -0.122. The molecule has 23 heavy (non-hydrogen) atoms. The number of imide groups is 1. The molecule has 0 N–H and O–H groups in total. The van der Waals surface area contributed by atoms with Gasteiger partial charge in [-0.25, -0.2) is 0 Å². The van der Waals surface area contributed by atoms with Gasteiger partial charge in [-0.05, 0) is 37.2 Å². The van der Waals surface area contributed by atoms with Gasteiger partial charge in [-0.3, -0.25) is 14.5 Å². The largest absolute Gasteiger partial charge is 0.347 e. The Morgan fingerprint density at radius 3 is 2.70 bits per heavy atom. The number of carbonyl (C=O) groups excluding carboxylic acids is 2. The summed E-state index contributed by atoms with van der Waals surface area (Å²) in [6.07, 6.45) is 5.71. The number of amides is 2. The Kier molecular flexibility index (Phi) is 4.57. The number of thioether (sulfide) groups is 1. The van der Waals surface area contributed by atoms with E-state index in [0.717, 1.165) is 47.6 Å². The first-order valence-electron chi connectivity index (χ1n) is 7.99. The molecule has 0 saturated carbocycles. The van der Waals surface area contributed by atoms with Crippen LogP contribution in [0.2, 0.25) is 0 Å². The van der Waals surface area contributed by atoms with E-state index in [2.05, 4.69) is 30.5 Å². The summed E-state index contributed by atoms with van der Waals surface area (Å²) in [4.78, 5) is 26.4. The van der Waals surface area contributed by atoms with E-state index >= 15 is 0 Å². The molecule has 0 radical (unpaired) electrons. The number of para-hydroxylation sites is 1. The van der Waals surface area contributed by atoms with E-state index in [4.69, 9.17) is 0 Å². The van der Waals surface area contributed by atoms with Crippen molar-refractivity contribution in [3.05, 3.63) is 40.9 Å². The van der Waals surface area contributed by atoms with Crippen LogP contribution in [0.1, 0.15) is 32.3 Å². The summed E-state index contributed by atoms with van der Waals surface area (Å²) in [5.74, 6) is -0.165. The van der Waals surface area contributed by atoms with Crippen molar-refractivity contribution in [1.29, 1.82) is 0 Å². The van der Waals surface area contributed by atoms with Crippen LogP contribution in [-0.4, -0.2) is 27.2 Å². The number of hydrogen-bond donors (Lipinski definition) is 0. The number of nitrogens with zero attached hydrogens (tertiary/aromatic N) is 2. The van der Waals surface area contributed by atoms with Crippen molar-refractivity contribution in [2.24, 2.45) is 0 Å². The number of fused-ring (bicyclic) bond motifs is 1. The van der Waals surface area contributed by atoms with E-state index < -0.39 is 0 Å². The summed E-state index contributed by atoms with van der Waals surface area (Å²) in [5.41, 5.74) is 2.13. The first-order valence-corrected chi connectivity index (χ1v) is 8.80. The van der Waals surface area contributed by atoms with Crippen molar-refractivity contribution in [3.63, 3.8) is 0 Å². The first-order chi connectivity index (χ1) is 11.2. The third-order valence-corrected chi connectivity index (χ3v) is 4.96. The van der Waals surface area contributed by atoms with Crippen molar-refractivity contribution in [2.45, 2.75) is 33.2 Å². The molecule has 0 aliphatic carbocycles. The Morgan fingerprint density at radius 1 is 1.17 bits per heavy atom. The summed E-state index contributed by atoms with van der Waals surface area (Å²) < 4.78 is 2.16. The zero-order chi connectivity index (χ0) is 16.4. The Hall–Kier alpha value is -2.01. The van der Waals surface area contributed by atoms with E-state index in [1.807, 2.05) is 24.4 Å². The van der Waals surface area contributed by atoms with E-state index in [1.54, 1.807) is 0 Å². The van der Waals surface area contributed by atoms with Crippen molar-refractivity contribution < 1.29 is 9.59 Å². The fourth-order valence-corrected chi connectivity index (χ4v) is 3.66.